The predicted octanol–water partition coefficient (Wildman–Crippen LogP) is 2.18. The second-order valence-electron chi connectivity index (χ2n) is 5.39. The van der Waals surface area contributed by atoms with Gasteiger partial charge in [0.2, 0.25) is 10.0 Å². The van der Waals surface area contributed by atoms with Gasteiger partial charge in [-0.3, -0.25) is 4.98 Å². The molecule has 0 bridgehead atoms. The molecule has 2 N–H and O–H groups in total. The molecule has 0 aliphatic carbocycles. The molecule has 0 saturated heterocycles. The van der Waals surface area contributed by atoms with Crippen LogP contribution in [0.2, 0.25) is 0 Å². The number of aliphatic hydroxyl groups excluding tert-OH is 1. The highest BCUT2D eigenvalue weighted by Gasteiger charge is 2.33. The molecule has 1 rings (SSSR count). The smallest absolute Gasteiger partial charge is 0.393 e. The molecule has 22 heavy (non-hydrogen) atoms. The van der Waals surface area contributed by atoms with E-state index in [1.54, 1.807) is 20.8 Å². The summed E-state index contributed by atoms with van der Waals surface area (Å²) >= 11 is 0. The van der Waals surface area contributed by atoms with E-state index in [9.17, 15) is 26.7 Å². The highest BCUT2D eigenvalue weighted by molar-refractivity contribution is 7.89. The summed E-state index contributed by atoms with van der Waals surface area (Å²) in [6, 6.07) is 1.46. The standard InChI is InChI=1S/C13H19F3N2O3S/c1-4-12(3,9(2)19)8-18-22(20,21)10-5-6-11(17-7-10)13(14,15)16/h5-7,9,18-19H,4,8H2,1-3H3/t9-,12+/m0/s1. The number of aliphatic hydroxyl groups is 1. The van der Waals surface area contributed by atoms with Crippen molar-refractivity contribution in [2.24, 2.45) is 5.41 Å². The van der Waals surface area contributed by atoms with Crippen molar-refractivity contribution < 1.29 is 26.7 Å². The largest absolute Gasteiger partial charge is 0.433 e. The molecule has 0 aromatic carbocycles. The lowest BCUT2D eigenvalue weighted by atomic mass is 9.83. The monoisotopic (exact) mass is 340 g/mol. The van der Waals surface area contributed by atoms with Crippen LogP contribution in [0.1, 0.15) is 32.9 Å². The summed E-state index contributed by atoms with van der Waals surface area (Å²) in [4.78, 5) is 2.77. The van der Waals surface area contributed by atoms with Crippen molar-refractivity contribution in [3.8, 4) is 0 Å². The van der Waals surface area contributed by atoms with Gasteiger partial charge in [0.1, 0.15) is 10.6 Å². The van der Waals surface area contributed by atoms with Gasteiger partial charge >= 0.3 is 6.18 Å². The maximum Gasteiger partial charge on any atom is 0.433 e. The van der Waals surface area contributed by atoms with Gasteiger partial charge in [-0.05, 0) is 25.5 Å². The Bertz CT molecular complexity index is 600. The van der Waals surface area contributed by atoms with E-state index in [-0.39, 0.29) is 11.4 Å². The molecule has 5 nitrogen and oxygen atoms in total. The number of sulfonamides is 1. The second kappa shape index (κ2) is 6.51. The van der Waals surface area contributed by atoms with Gasteiger partial charge in [-0.15, -0.1) is 0 Å². The zero-order valence-corrected chi connectivity index (χ0v) is 13.3. The van der Waals surface area contributed by atoms with Gasteiger partial charge in [-0.1, -0.05) is 13.8 Å². The van der Waals surface area contributed by atoms with Crippen LogP contribution in [0.5, 0.6) is 0 Å². The molecule has 2 atom stereocenters. The van der Waals surface area contributed by atoms with Crippen LogP contribution >= 0.6 is 0 Å². The lowest BCUT2D eigenvalue weighted by Crippen LogP contribution is -2.41. The maximum absolute atomic E-state index is 12.4. The van der Waals surface area contributed by atoms with Crippen molar-refractivity contribution in [2.75, 3.05) is 6.54 Å². The third-order valence-electron chi connectivity index (χ3n) is 3.82. The molecular weight excluding hydrogens is 321 g/mol. The lowest BCUT2D eigenvalue weighted by Gasteiger charge is -2.31. The number of rotatable bonds is 6. The first kappa shape index (κ1) is 18.9. The summed E-state index contributed by atoms with van der Waals surface area (Å²) in [6.45, 7) is 5.04. The number of alkyl halides is 3. The number of aromatic nitrogens is 1. The molecule has 126 valence electrons. The summed E-state index contributed by atoms with van der Waals surface area (Å²) in [5.74, 6) is 0. The molecular formula is C13H19F3N2O3S. The van der Waals surface area contributed by atoms with Crippen molar-refractivity contribution in [3.63, 3.8) is 0 Å². The Morgan fingerprint density at radius 3 is 2.32 bits per heavy atom. The number of halogens is 3. The van der Waals surface area contributed by atoms with Crippen LogP contribution in [0.3, 0.4) is 0 Å². The Hall–Kier alpha value is -1.19. The molecule has 0 amide bonds. The Kier molecular flexibility index (Phi) is 5.58. The van der Waals surface area contributed by atoms with E-state index in [0.29, 0.717) is 18.7 Å². The van der Waals surface area contributed by atoms with E-state index >= 15 is 0 Å². The summed E-state index contributed by atoms with van der Waals surface area (Å²) < 4.78 is 63.6. The first-order valence-corrected chi connectivity index (χ1v) is 8.11. The number of hydrogen-bond donors (Lipinski definition) is 2. The van der Waals surface area contributed by atoms with Gasteiger partial charge in [0, 0.05) is 18.2 Å². The third-order valence-corrected chi connectivity index (χ3v) is 5.21. The van der Waals surface area contributed by atoms with Crippen molar-refractivity contribution in [2.45, 2.75) is 44.4 Å². The van der Waals surface area contributed by atoms with Crippen molar-refractivity contribution in [3.05, 3.63) is 24.0 Å². The summed E-state index contributed by atoms with van der Waals surface area (Å²) in [6.07, 6.45) is -4.18. The first-order chi connectivity index (χ1) is 9.92. The lowest BCUT2D eigenvalue weighted by molar-refractivity contribution is -0.141. The number of hydrogen-bond acceptors (Lipinski definition) is 4. The quantitative estimate of drug-likeness (QED) is 0.832. The molecule has 0 spiro atoms. The van der Waals surface area contributed by atoms with E-state index < -0.39 is 33.4 Å². The zero-order valence-electron chi connectivity index (χ0n) is 12.5. The molecule has 1 aromatic rings. The average Bonchev–Trinajstić information content (AvgIpc) is 2.44. The highest BCUT2D eigenvalue weighted by Crippen LogP contribution is 2.28. The van der Waals surface area contributed by atoms with Gasteiger partial charge in [0.15, 0.2) is 0 Å². The molecule has 1 heterocycles. The summed E-state index contributed by atoms with van der Waals surface area (Å²) in [5, 5.41) is 9.69. The normalized spacial score (nSPS) is 17.0. The minimum atomic E-state index is -4.62. The van der Waals surface area contributed by atoms with E-state index in [1.165, 1.54) is 0 Å². The highest BCUT2D eigenvalue weighted by atomic mass is 32.2. The first-order valence-electron chi connectivity index (χ1n) is 6.63. The number of pyridine rings is 1. The fourth-order valence-electron chi connectivity index (χ4n) is 1.62. The number of nitrogens with one attached hydrogen (secondary N) is 1. The molecule has 0 unspecified atom stereocenters. The van der Waals surface area contributed by atoms with E-state index in [2.05, 4.69) is 9.71 Å². The van der Waals surface area contributed by atoms with Crippen molar-refractivity contribution in [1.29, 1.82) is 0 Å². The molecule has 1 aromatic heterocycles. The maximum atomic E-state index is 12.4. The van der Waals surface area contributed by atoms with Crippen LogP contribution in [-0.2, 0) is 16.2 Å². The van der Waals surface area contributed by atoms with Crippen molar-refractivity contribution >= 4 is 10.0 Å². The van der Waals surface area contributed by atoms with Crippen LogP contribution in [0.15, 0.2) is 23.2 Å². The Labute approximate surface area is 127 Å². The van der Waals surface area contributed by atoms with Gasteiger partial charge < -0.3 is 5.11 Å². The molecule has 9 heteroatoms. The number of nitrogens with zero attached hydrogens (tertiary/aromatic N) is 1. The third kappa shape index (κ3) is 4.40. The Balaban J connectivity index is 2.92. The Morgan fingerprint density at radius 2 is 1.95 bits per heavy atom. The molecule has 0 aliphatic heterocycles. The summed E-state index contributed by atoms with van der Waals surface area (Å²) in [5.41, 5.74) is -1.83. The SMILES string of the molecule is CC[C@](C)(CNS(=O)(=O)c1ccc(C(F)(F)F)nc1)[C@H](C)O. The predicted molar refractivity (Wildman–Crippen MR) is 74.5 cm³/mol. The minimum Gasteiger partial charge on any atom is -0.393 e. The van der Waals surface area contributed by atoms with Crippen molar-refractivity contribution in [1.82, 2.24) is 9.71 Å². The van der Waals surface area contributed by atoms with Gasteiger partial charge in [0.25, 0.3) is 0 Å². The molecule has 0 saturated carbocycles. The van der Waals surface area contributed by atoms with Crippen LogP contribution in [0.25, 0.3) is 0 Å². The van der Waals surface area contributed by atoms with Gasteiger partial charge in [-0.2, -0.15) is 13.2 Å². The van der Waals surface area contributed by atoms with Gasteiger partial charge in [0.05, 0.1) is 6.10 Å². The molecule has 0 fully saturated rings. The van der Waals surface area contributed by atoms with E-state index in [1.807, 2.05) is 0 Å². The van der Waals surface area contributed by atoms with Crippen LogP contribution in [-0.4, -0.2) is 31.2 Å². The van der Waals surface area contributed by atoms with Gasteiger partial charge in [-0.25, -0.2) is 13.1 Å². The molecule has 0 aliphatic rings. The van der Waals surface area contributed by atoms with Crippen LogP contribution < -0.4 is 4.72 Å². The van der Waals surface area contributed by atoms with Crippen LogP contribution in [0.4, 0.5) is 13.2 Å². The summed E-state index contributed by atoms with van der Waals surface area (Å²) in [7, 11) is -3.99. The minimum absolute atomic E-state index is 0.0372. The fraction of sp³-hybridized carbons (Fsp3) is 0.615. The average molecular weight is 340 g/mol. The second-order valence-corrected chi connectivity index (χ2v) is 7.15. The fourth-order valence-corrected chi connectivity index (χ4v) is 2.74. The molecule has 0 radical (unpaired) electrons. The Morgan fingerprint density at radius 1 is 1.36 bits per heavy atom. The topological polar surface area (TPSA) is 79.3 Å². The zero-order chi connectivity index (χ0) is 17.2. The van der Waals surface area contributed by atoms with Crippen LogP contribution in [0, 0.1) is 5.41 Å². The van der Waals surface area contributed by atoms with E-state index in [0.717, 1.165) is 6.07 Å². The van der Waals surface area contributed by atoms with E-state index in [4.69, 9.17) is 0 Å².